The fourth-order valence-electron chi connectivity index (χ4n) is 3.75. The van der Waals surface area contributed by atoms with E-state index in [1.54, 1.807) is 0 Å². The molecule has 2 aliphatic rings. The van der Waals surface area contributed by atoms with E-state index in [0.717, 1.165) is 18.4 Å². The van der Waals surface area contributed by atoms with Crippen LogP contribution in [0.2, 0.25) is 0 Å². The third-order valence-electron chi connectivity index (χ3n) is 5.25. The topological polar surface area (TPSA) is 21.3 Å². The van der Waals surface area contributed by atoms with Crippen LogP contribution in [0.25, 0.3) is 0 Å². The minimum Gasteiger partial charge on any atom is -0.378 e. The van der Waals surface area contributed by atoms with E-state index in [9.17, 15) is 0 Å². The second-order valence-electron chi connectivity index (χ2n) is 7.89. The van der Waals surface area contributed by atoms with E-state index >= 15 is 0 Å². The molecular formula is C17H33NO. The predicted molar refractivity (Wildman–Crippen MR) is 81.3 cm³/mol. The van der Waals surface area contributed by atoms with Gasteiger partial charge in [-0.1, -0.05) is 20.8 Å². The summed E-state index contributed by atoms with van der Waals surface area (Å²) in [7, 11) is 0. The molecule has 0 spiro atoms. The largest absolute Gasteiger partial charge is 0.378 e. The van der Waals surface area contributed by atoms with Gasteiger partial charge >= 0.3 is 0 Å². The van der Waals surface area contributed by atoms with Crippen LogP contribution in [0.3, 0.4) is 0 Å². The molecule has 0 aromatic carbocycles. The molecule has 2 heteroatoms. The molecule has 1 saturated heterocycles. The Kier molecular flexibility index (Phi) is 5.30. The maximum atomic E-state index is 5.61. The smallest absolute Gasteiger partial charge is 0.0561 e. The van der Waals surface area contributed by atoms with Crippen molar-refractivity contribution >= 4 is 0 Å². The molecule has 0 aromatic heterocycles. The fraction of sp³-hybridized carbons (Fsp3) is 1.00. The van der Waals surface area contributed by atoms with E-state index in [-0.39, 0.29) is 0 Å². The Morgan fingerprint density at radius 1 is 1.05 bits per heavy atom. The van der Waals surface area contributed by atoms with Crippen molar-refractivity contribution in [3.05, 3.63) is 0 Å². The van der Waals surface area contributed by atoms with Crippen molar-refractivity contribution in [2.45, 2.75) is 78.4 Å². The van der Waals surface area contributed by atoms with Crippen molar-refractivity contribution in [1.29, 1.82) is 0 Å². The van der Waals surface area contributed by atoms with E-state index in [2.05, 4.69) is 33.0 Å². The summed E-state index contributed by atoms with van der Waals surface area (Å²) in [6.45, 7) is 11.6. The van der Waals surface area contributed by atoms with Crippen LogP contribution in [0.1, 0.15) is 66.2 Å². The molecule has 1 aliphatic carbocycles. The lowest BCUT2D eigenvalue weighted by Crippen LogP contribution is -2.41. The Balaban J connectivity index is 1.66. The van der Waals surface area contributed by atoms with Crippen LogP contribution < -0.4 is 5.32 Å². The molecule has 1 aliphatic heterocycles. The first-order chi connectivity index (χ1) is 8.95. The van der Waals surface area contributed by atoms with Gasteiger partial charge in [0.25, 0.3) is 0 Å². The molecule has 2 atom stereocenters. The number of nitrogens with one attached hydrogen (secondary N) is 1. The Morgan fingerprint density at radius 3 is 2.32 bits per heavy atom. The molecule has 1 N–H and O–H groups in total. The molecule has 1 heterocycles. The van der Waals surface area contributed by atoms with Gasteiger partial charge < -0.3 is 10.1 Å². The number of hydrogen-bond acceptors (Lipinski definition) is 2. The van der Waals surface area contributed by atoms with Crippen LogP contribution in [-0.2, 0) is 4.74 Å². The van der Waals surface area contributed by atoms with Crippen LogP contribution in [-0.4, -0.2) is 25.3 Å². The molecule has 2 unspecified atom stereocenters. The molecule has 0 aromatic rings. The highest BCUT2D eigenvalue weighted by Crippen LogP contribution is 2.39. The number of hydrogen-bond donors (Lipinski definition) is 1. The first kappa shape index (κ1) is 15.3. The van der Waals surface area contributed by atoms with Crippen LogP contribution in [0.15, 0.2) is 0 Å². The zero-order chi connectivity index (χ0) is 13.9. The summed E-state index contributed by atoms with van der Waals surface area (Å²) in [5, 5.41) is 3.80. The van der Waals surface area contributed by atoms with Gasteiger partial charge in [-0.3, -0.25) is 0 Å². The Labute approximate surface area is 119 Å². The Bertz CT molecular complexity index is 263. The molecule has 1 saturated carbocycles. The summed E-state index contributed by atoms with van der Waals surface area (Å²) in [5.74, 6) is 1.85. The summed E-state index contributed by atoms with van der Waals surface area (Å²) in [4.78, 5) is 0. The zero-order valence-electron chi connectivity index (χ0n) is 13.4. The van der Waals surface area contributed by atoms with E-state index in [1.165, 1.54) is 45.1 Å². The molecular weight excluding hydrogens is 234 g/mol. The van der Waals surface area contributed by atoms with Crippen LogP contribution in [0, 0.1) is 17.3 Å². The summed E-state index contributed by atoms with van der Waals surface area (Å²) in [6.07, 6.45) is 8.54. The molecule has 2 nitrogen and oxygen atoms in total. The van der Waals surface area contributed by atoms with E-state index in [0.29, 0.717) is 17.6 Å². The van der Waals surface area contributed by atoms with Gasteiger partial charge in [0.2, 0.25) is 0 Å². The lowest BCUT2D eigenvalue weighted by atomic mass is 9.70. The van der Waals surface area contributed by atoms with Gasteiger partial charge in [-0.05, 0) is 69.2 Å². The third-order valence-corrected chi connectivity index (χ3v) is 5.25. The van der Waals surface area contributed by atoms with Crippen LogP contribution in [0.4, 0.5) is 0 Å². The normalized spacial score (nSPS) is 37.3. The monoisotopic (exact) mass is 267 g/mol. The maximum Gasteiger partial charge on any atom is 0.0561 e. The summed E-state index contributed by atoms with van der Waals surface area (Å²) in [5.41, 5.74) is 0.508. The van der Waals surface area contributed by atoms with Crippen LogP contribution in [0.5, 0.6) is 0 Å². The molecule has 0 radical (unpaired) electrons. The van der Waals surface area contributed by atoms with Gasteiger partial charge in [-0.25, -0.2) is 0 Å². The maximum absolute atomic E-state index is 5.61. The minimum atomic E-state index is 0.447. The average Bonchev–Trinajstić information content (AvgIpc) is 2.36. The standard InChI is InChI=1S/C17H33NO/c1-13-11-16(9-10-19-13)18-12-14-5-7-15(8-6-14)17(2,3)4/h13-16,18H,5-12H2,1-4H3. The molecule has 2 rings (SSSR count). The second-order valence-corrected chi connectivity index (χ2v) is 7.89. The first-order valence-corrected chi connectivity index (χ1v) is 8.30. The SMILES string of the molecule is CC1CC(NCC2CCC(C(C)(C)C)CC2)CCO1. The highest BCUT2D eigenvalue weighted by molar-refractivity contribution is 4.82. The van der Waals surface area contributed by atoms with Crippen molar-refractivity contribution in [2.24, 2.45) is 17.3 Å². The summed E-state index contributed by atoms with van der Waals surface area (Å²) < 4.78 is 5.61. The minimum absolute atomic E-state index is 0.447. The van der Waals surface area contributed by atoms with Crippen molar-refractivity contribution in [2.75, 3.05) is 13.2 Å². The molecule has 2 fully saturated rings. The highest BCUT2D eigenvalue weighted by atomic mass is 16.5. The molecule has 0 amide bonds. The molecule has 112 valence electrons. The van der Waals surface area contributed by atoms with Gasteiger partial charge in [-0.15, -0.1) is 0 Å². The summed E-state index contributed by atoms with van der Waals surface area (Å²) in [6, 6.07) is 0.698. The molecule has 19 heavy (non-hydrogen) atoms. The third kappa shape index (κ3) is 4.75. The lowest BCUT2D eigenvalue weighted by Gasteiger charge is -2.37. The Morgan fingerprint density at radius 2 is 1.74 bits per heavy atom. The summed E-state index contributed by atoms with van der Waals surface area (Å²) >= 11 is 0. The highest BCUT2D eigenvalue weighted by Gasteiger charge is 2.30. The van der Waals surface area contributed by atoms with E-state index < -0.39 is 0 Å². The van der Waals surface area contributed by atoms with Gasteiger partial charge in [0.15, 0.2) is 0 Å². The van der Waals surface area contributed by atoms with Crippen molar-refractivity contribution in [3.63, 3.8) is 0 Å². The first-order valence-electron chi connectivity index (χ1n) is 8.30. The van der Waals surface area contributed by atoms with Crippen molar-refractivity contribution in [1.82, 2.24) is 5.32 Å². The van der Waals surface area contributed by atoms with Crippen molar-refractivity contribution in [3.8, 4) is 0 Å². The Hall–Kier alpha value is -0.0800. The van der Waals surface area contributed by atoms with Gasteiger partial charge in [-0.2, -0.15) is 0 Å². The predicted octanol–water partition coefficient (Wildman–Crippen LogP) is 4.00. The van der Waals surface area contributed by atoms with Gasteiger partial charge in [0.05, 0.1) is 6.10 Å². The number of ether oxygens (including phenoxy) is 1. The van der Waals surface area contributed by atoms with Gasteiger partial charge in [0, 0.05) is 12.6 Å². The van der Waals surface area contributed by atoms with Crippen LogP contribution >= 0.6 is 0 Å². The van der Waals surface area contributed by atoms with Gasteiger partial charge in [0.1, 0.15) is 0 Å². The average molecular weight is 267 g/mol. The van der Waals surface area contributed by atoms with Crippen molar-refractivity contribution < 1.29 is 4.74 Å². The van der Waals surface area contributed by atoms with E-state index in [4.69, 9.17) is 4.74 Å². The fourth-order valence-corrected chi connectivity index (χ4v) is 3.75. The zero-order valence-corrected chi connectivity index (χ0v) is 13.4. The van der Waals surface area contributed by atoms with E-state index in [1.807, 2.05) is 0 Å². The lowest BCUT2D eigenvalue weighted by molar-refractivity contribution is 0.0120. The quantitative estimate of drug-likeness (QED) is 0.834. The molecule has 0 bridgehead atoms. The number of rotatable bonds is 3. The second kappa shape index (κ2) is 6.58.